The lowest BCUT2D eigenvalue weighted by molar-refractivity contribution is -0.137. The van der Waals surface area contributed by atoms with Crippen molar-refractivity contribution >= 4 is 23.7 Å². The van der Waals surface area contributed by atoms with Crippen molar-refractivity contribution in [3.8, 4) is 11.5 Å². The molecule has 1 aliphatic rings. The van der Waals surface area contributed by atoms with Crippen molar-refractivity contribution in [1.82, 2.24) is 4.90 Å². The van der Waals surface area contributed by atoms with Gasteiger partial charge in [-0.3, -0.25) is 4.79 Å². The van der Waals surface area contributed by atoms with Crippen LogP contribution in [0.2, 0.25) is 5.02 Å². The number of hydrogen-bond acceptors (Lipinski definition) is 5. The second-order valence-electron chi connectivity index (χ2n) is 7.67. The number of methoxy groups -OCH3 is 1. The number of carbonyl (C=O) groups is 1. The topological polar surface area (TPSA) is 60.4 Å². The first-order valence-electron chi connectivity index (χ1n) is 10.7. The number of rotatable bonds is 8. The van der Waals surface area contributed by atoms with Gasteiger partial charge >= 0.3 is 0 Å². The van der Waals surface area contributed by atoms with Crippen LogP contribution in [0.4, 0.5) is 0 Å². The standard InChI is InChI=1S/C26H25ClN2O4/c1-31-25-14-20(8-11-24(25)32-17-19-6-9-23(27)10-7-19)15-28-33-18-26(30)29-13-12-21-4-2-3-5-22(21)16-29/h2-11,14-15H,12-13,16-18H2,1H3/b28-15+. The lowest BCUT2D eigenvalue weighted by Crippen LogP contribution is -2.37. The lowest BCUT2D eigenvalue weighted by Gasteiger charge is -2.28. The third-order valence-corrected chi connectivity index (χ3v) is 5.69. The Bertz CT molecular complexity index is 1130. The molecule has 0 fully saturated rings. The molecule has 0 aliphatic carbocycles. The average Bonchev–Trinajstić information content (AvgIpc) is 2.86. The molecule has 0 spiro atoms. The van der Waals surface area contributed by atoms with Gasteiger partial charge in [0.15, 0.2) is 18.1 Å². The SMILES string of the molecule is COc1cc(/C=N/OCC(=O)N2CCc3ccccc3C2)ccc1OCc1ccc(Cl)cc1. The summed E-state index contributed by atoms with van der Waals surface area (Å²) in [4.78, 5) is 19.5. The zero-order valence-corrected chi connectivity index (χ0v) is 19.1. The summed E-state index contributed by atoms with van der Waals surface area (Å²) in [5, 5.41) is 4.63. The first-order chi connectivity index (χ1) is 16.1. The van der Waals surface area contributed by atoms with Crippen LogP contribution in [0.25, 0.3) is 0 Å². The lowest BCUT2D eigenvalue weighted by atomic mass is 10.00. The molecule has 0 bridgehead atoms. The van der Waals surface area contributed by atoms with E-state index < -0.39 is 0 Å². The molecule has 6 nitrogen and oxygen atoms in total. The summed E-state index contributed by atoms with van der Waals surface area (Å²) in [6.45, 7) is 1.60. The van der Waals surface area contributed by atoms with Crippen molar-refractivity contribution < 1.29 is 19.1 Å². The van der Waals surface area contributed by atoms with Crippen LogP contribution in [0, 0.1) is 0 Å². The summed E-state index contributed by atoms with van der Waals surface area (Å²) in [5.41, 5.74) is 4.26. The Labute approximate surface area is 198 Å². The van der Waals surface area contributed by atoms with E-state index >= 15 is 0 Å². The van der Waals surface area contributed by atoms with Gasteiger partial charge in [-0.25, -0.2) is 0 Å². The second-order valence-corrected chi connectivity index (χ2v) is 8.10. The van der Waals surface area contributed by atoms with Crippen LogP contribution in [0.3, 0.4) is 0 Å². The van der Waals surface area contributed by atoms with E-state index in [4.69, 9.17) is 25.9 Å². The molecule has 0 saturated heterocycles. The Morgan fingerprint density at radius 2 is 1.85 bits per heavy atom. The third-order valence-electron chi connectivity index (χ3n) is 5.44. The van der Waals surface area contributed by atoms with Crippen LogP contribution in [0.15, 0.2) is 71.9 Å². The van der Waals surface area contributed by atoms with Gasteiger partial charge in [0, 0.05) is 23.7 Å². The van der Waals surface area contributed by atoms with Crippen molar-refractivity contribution in [2.75, 3.05) is 20.3 Å². The smallest absolute Gasteiger partial charge is 0.263 e. The van der Waals surface area contributed by atoms with Gasteiger partial charge in [0.1, 0.15) is 6.61 Å². The predicted octanol–water partition coefficient (Wildman–Crippen LogP) is 4.86. The number of ether oxygens (including phenoxy) is 2. The van der Waals surface area contributed by atoms with Crippen LogP contribution < -0.4 is 9.47 Å². The molecular weight excluding hydrogens is 440 g/mol. The molecule has 0 unspecified atom stereocenters. The quantitative estimate of drug-likeness (QED) is 0.353. The van der Waals surface area contributed by atoms with E-state index in [0.29, 0.717) is 36.2 Å². The normalized spacial score (nSPS) is 13.0. The molecule has 0 N–H and O–H groups in total. The highest BCUT2D eigenvalue weighted by Crippen LogP contribution is 2.28. The first kappa shape index (κ1) is 22.7. The van der Waals surface area contributed by atoms with Gasteiger partial charge < -0.3 is 19.2 Å². The molecule has 3 aromatic rings. The van der Waals surface area contributed by atoms with Gasteiger partial charge in [-0.15, -0.1) is 0 Å². The largest absolute Gasteiger partial charge is 0.493 e. The number of hydrogen-bond donors (Lipinski definition) is 0. The second kappa shape index (κ2) is 10.9. The van der Waals surface area contributed by atoms with Crippen LogP contribution in [0.5, 0.6) is 11.5 Å². The van der Waals surface area contributed by atoms with Crippen molar-refractivity contribution in [3.05, 3.63) is 94.0 Å². The number of oxime groups is 1. The summed E-state index contributed by atoms with van der Waals surface area (Å²) in [6, 6.07) is 21.1. The molecule has 0 atom stereocenters. The van der Waals surface area contributed by atoms with Crippen molar-refractivity contribution in [1.29, 1.82) is 0 Å². The fourth-order valence-electron chi connectivity index (χ4n) is 3.62. The van der Waals surface area contributed by atoms with Crippen molar-refractivity contribution in [3.63, 3.8) is 0 Å². The van der Waals surface area contributed by atoms with Crippen molar-refractivity contribution in [2.45, 2.75) is 19.6 Å². The van der Waals surface area contributed by atoms with Gasteiger partial charge in [0.05, 0.1) is 13.3 Å². The molecular formula is C26H25ClN2O4. The maximum absolute atomic E-state index is 12.5. The van der Waals surface area contributed by atoms with Gasteiger partial charge in [-0.05, 0) is 53.4 Å². The average molecular weight is 465 g/mol. The number of amides is 1. The number of fused-ring (bicyclic) bond motifs is 1. The number of nitrogens with zero attached hydrogens (tertiary/aromatic N) is 2. The van der Waals surface area contributed by atoms with Gasteiger partial charge in [-0.1, -0.05) is 53.2 Å². The van der Waals surface area contributed by atoms with E-state index in [2.05, 4.69) is 17.3 Å². The minimum atomic E-state index is -0.0991. The Kier molecular flexibility index (Phi) is 7.47. The summed E-state index contributed by atoms with van der Waals surface area (Å²) in [6.07, 6.45) is 2.40. The van der Waals surface area contributed by atoms with Crippen LogP contribution in [0.1, 0.15) is 22.3 Å². The monoisotopic (exact) mass is 464 g/mol. The number of benzene rings is 3. The molecule has 33 heavy (non-hydrogen) atoms. The molecule has 0 radical (unpaired) electrons. The van der Waals surface area contributed by atoms with Crippen molar-refractivity contribution in [2.24, 2.45) is 5.16 Å². The molecule has 0 aromatic heterocycles. The number of carbonyl (C=O) groups excluding carboxylic acids is 1. The zero-order chi connectivity index (χ0) is 23.0. The van der Waals surface area contributed by atoms with Gasteiger partial charge in [0.25, 0.3) is 5.91 Å². The van der Waals surface area contributed by atoms with Crippen LogP contribution in [-0.4, -0.2) is 37.3 Å². The highest BCUT2D eigenvalue weighted by atomic mass is 35.5. The molecule has 1 heterocycles. The molecule has 4 rings (SSSR count). The minimum Gasteiger partial charge on any atom is -0.493 e. The highest BCUT2D eigenvalue weighted by Gasteiger charge is 2.20. The fourth-order valence-corrected chi connectivity index (χ4v) is 3.74. The Morgan fingerprint density at radius 3 is 2.64 bits per heavy atom. The van der Waals surface area contributed by atoms with Crippen LogP contribution >= 0.6 is 11.6 Å². The summed E-state index contributed by atoms with van der Waals surface area (Å²) in [5.74, 6) is 1.12. The van der Waals surface area contributed by atoms with E-state index in [9.17, 15) is 4.79 Å². The van der Waals surface area contributed by atoms with E-state index in [1.165, 1.54) is 11.1 Å². The maximum atomic E-state index is 12.5. The van der Waals surface area contributed by atoms with E-state index in [1.807, 2.05) is 48.5 Å². The Hall–Kier alpha value is -3.51. The highest BCUT2D eigenvalue weighted by molar-refractivity contribution is 6.30. The molecule has 3 aromatic carbocycles. The van der Waals surface area contributed by atoms with E-state index in [0.717, 1.165) is 17.5 Å². The Balaban J connectivity index is 1.28. The predicted molar refractivity (Wildman–Crippen MR) is 128 cm³/mol. The zero-order valence-electron chi connectivity index (χ0n) is 18.4. The Morgan fingerprint density at radius 1 is 1.06 bits per heavy atom. The maximum Gasteiger partial charge on any atom is 0.263 e. The third kappa shape index (κ3) is 6.05. The molecule has 7 heteroatoms. The minimum absolute atomic E-state index is 0.0785. The first-order valence-corrected chi connectivity index (χ1v) is 11.1. The van der Waals surface area contributed by atoms with Gasteiger partial charge in [-0.2, -0.15) is 0 Å². The fraction of sp³-hybridized carbons (Fsp3) is 0.231. The summed E-state index contributed by atoms with van der Waals surface area (Å²) in [7, 11) is 1.58. The van der Waals surface area contributed by atoms with E-state index in [1.54, 1.807) is 24.3 Å². The summed E-state index contributed by atoms with van der Waals surface area (Å²) < 4.78 is 11.3. The number of halogens is 1. The van der Waals surface area contributed by atoms with Crippen LogP contribution in [-0.2, 0) is 29.2 Å². The molecule has 170 valence electrons. The molecule has 1 amide bonds. The van der Waals surface area contributed by atoms with E-state index in [-0.39, 0.29) is 12.5 Å². The summed E-state index contributed by atoms with van der Waals surface area (Å²) >= 11 is 5.92. The molecule has 0 saturated carbocycles. The van der Waals surface area contributed by atoms with Gasteiger partial charge in [0.2, 0.25) is 0 Å². The molecule has 1 aliphatic heterocycles.